The van der Waals surface area contributed by atoms with Crippen molar-refractivity contribution in [2.45, 2.75) is 37.3 Å². The predicted molar refractivity (Wildman–Crippen MR) is 105 cm³/mol. The maximum Gasteiger partial charge on any atom is 0.0437 e. The fourth-order valence-electron chi connectivity index (χ4n) is 3.79. The highest BCUT2D eigenvalue weighted by molar-refractivity contribution is 6.45. The molecule has 0 saturated heterocycles. The molecule has 23 heavy (non-hydrogen) atoms. The zero-order valence-electron chi connectivity index (χ0n) is 14.4. The van der Waals surface area contributed by atoms with E-state index < -0.39 is 0 Å². The summed E-state index contributed by atoms with van der Waals surface area (Å²) in [7, 11) is -0.366. The fraction of sp³-hybridized carbons (Fsp3) is 0.273. The van der Waals surface area contributed by atoms with E-state index in [1.165, 1.54) is 16.7 Å². The van der Waals surface area contributed by atoms with Crippen LogP contribution in [0.15, 0.2) is 78.9 Å². The molecule has 1 aliphatic rings. The van der Waals surface area contributed by atoms with Gasteiger partial charge in [0.15, 0.2) is 0 Å². The van der Waals surface area contributed by atoms with Crippen LogP contribution in [0, 0.1) is 0 Å². The summed E-state index contributed by atoms with van der Waals surface area (Å²) in [5, 5.41) is 0.638. The van der Waals surface area contributed by atoms with E-state index in [0.717, 1.165) is 6.42 Å². The third kappa shape index (κ3) is 3.73. The van der Waals surface area contributed by atoms with Crippen molar-refractivity contribution in [3.05, 3.63) is 90.0 Å². The molecule has 0 N–H and O–H groups in total. The van der Waals surface area contributed by atoms with Gasteiger partial charge in [-0.1, -0.05) is 99.7 Å². The van der Waals surface area contributed by atoms with E-state index in [-0.39, 0.29) is 14.6 Å². The Morgan fingerprint density at radius 1 is 0.870 bits per heavy atom. The van der Waals surface area contributed by atoms with Gasteiger partial charge in [-0.05, 0) is 28.2 Å². The molecule has 0 heterocycles. The zero-order valence-corrected chi connectivity index (χ0v) is 15.8. The van der Waals surface area contributed by atoms with Gasteiger partial charge in [0.25, 0.3) is 0 Å². The first-order valence-electron chi connectivity index (χ1n) is 8.48. The minimum Gasteiger partial charge on any atom is -0.0770 e. The minimum atomic E-state index is -0.366. The molecule has 0 spiro atoms. The Morgan fingerprint density at radius 3 is 2.09 bits per heavy atom. The van der Waals surface area contributed by atoms with Crippen LogP contribution in [0.3, 0.4) is 0 Å². The van der Waals surface area contributed by atoms with Gasteiger partial charge in [0, 0.05) is 14.6 Å². The van der Waals surface area contributed by atoms with Crippen molar-refractivity contribution in [2.75, 3.05) is 0 Å². The van der Waals surface area contributed by atoms with Crippen LogP contribution in [0.2, 0.25) is 5.04 Å². The summed E-state index contributed by atoms with van der Waals surface area (Å²) in [4.78, 5) is 0. The molecule has 0 bridgehead atoms. The maximum absolute atomic E-state index is 2.48. The lowest BCUT2D eigenvalue weighted by molar-refractivity contribution is 0.673. The van der Waals surface area contributed by atoms with Crippen molar-refractivity contribution in [2.24, 2.45) is 0 Å². The van der Waals surface area contributed by atoms with Crippen molar-refractivity contribution >= 4 is 15.1 Å². The third-order valence-electron chi connectivity index (χ3n) is 4.56. The van der Waals surface area contributed by atoms with Crippen LogP contribution in [0.25, 0.3) is 5.57 Å². The number of benzene rings is 2. The Hall–Kier alpha value is -1.86. The molecule has 1 unspecified atom stereocenters. The molecule has 0 aliphatic heterocycles. The Bertz CT molecular complexity index is 705. The second-order valence-electron chi connectivity index (χ2n) is 7.85. The van der Waals surface area contributed by atoms with Crippen molar-refractivity contribution < 1.29 is 0 Å². The Labute approximate surface area is 142 Å². The summed E-state index contributed by atoms with van der Waals surface area (Å²) in [5.74, 6) is 0. The van der Waals surface area contributed by atoms with Gasteiger partial charge in [-0.25, -0.2) is 0 Å². The molecular formula is C22H26Si. The molecule has 2 aromatic carbocycles. The third-order valence-corrected chi connectivity index (χ3v) is 7.14. The van der Waals surface area contributed by atoms with Crippen LogP contribution in [-0.4, -0.2) is 9.52 Å². The van der Waals surface area contributed by atoms with E-state index in [1.807, 2.05) is 0 Å². The topological polar surface area (TPSA) is 0 Å². The SMILES string of the molecule is CC(C)(C)[SiH2]C1(c2ccccc2)C=CC=C(c2ccccc2)C1. The second-order valence-corrected chi connectivity index (χ2v) is 11.6. The van der Waals surface area contributed by atoms with Crippen LogP contribution in [0.5, 0.6) is 0 Å². The Kier molecular flexibility index (Phi) is 4.41. The van der Waals surface area contributed by atoms with Crippen LogP contribution < -0.4 is 0 Å². The summed E-state index contributed by atoms with van der Waals surface area (Å²) in [6, 6.07) is 22.0. The molecular weight excluding hydrogens is 292 g/mol. The largest absolute Gasteiger partial charge is 0.0770 e. The number of hydrogen-bond acceptors (Lipinski definition) is 0. The minimum absolute atomic E-state index is 0.222. The van der Waals surface area contributed by atoms with Gasteiger partial charge >= 0.3 is 0 Å². The van der Waals surface area contributed by atoms with E-state index >= 15 is 0 Å². The van der Waals surface area contributed by atoms with Crippen LogP contribution in [0.4, 0.5) is 0 Å². The molecule has 0 radical (unpaired) electrons. The molecule has 1 aliphatic carbocycles. The normalized spacial score (nSPS) is 21.6. The highest BCUT2D eigenvalue weighted by atomic mass is 28.2. The summed E-state index contributed by atoms with van der Waals surface area (Å²) in [5.41, 5.74) is 4.31. The molecule has 0 fully saturated rings. The molecule has 0 aromatic heterocycles. The van der Waals surface area contributed by atoms with Gasteiger partial charge in [0.05, 0.1) is 0 Å². The second kappa shape index (κ2) is 6.33. The number of rotatable bonds is 3. The molecule has 0 saturated carbocycles. The van der Waals surface area contributed by atoms with Crippen molar-refractivity contribution in [1.29, 1.82) is 0 Å². The van der Waals surface area contributed by atoms with E-state index in [4.69, 9.17) is 0 Å². The van der Waals surface area contributed by atoms with E-state index in [2.05, 4.69) is 99.7 Å². The van der Waals surface area contributed by atoms with Crippen molar-refractivity contribution in [1.82, 2.24) is 0 Å². The maximum atomic E-state index is 2.48. The van der Waals surface area contributed by atoms with Gasteiger partial charge in [0.1, 0.15) is 0 Å². The van der Waals surface area contributed by atoms with Crippen molar-refractivity contribution in [3.63, 3.8) is 0 Å². The van der Waals surface area contributed by atoms with Gasteiger partial charge < -0.3 is 0 Å². The lowest BCUT2D eigenvalue weighted by Gasteiger charge is -2.39. The first-order valence-corrected chi connectivity index (χ1v) is 9.89. The first kappa shape index (κ1) is 16.0. The van der Waals surface area contributed by atoms with E-state index in [0.29, 0.717) is 5.04 Å². The van der Waals surface area contributed by atoms with Gasteiger partial charge in [-0.2, -0.15) is 0 Å². The molecule has 1 heteroatoms. The van der Waals surface area contributed by atoms with Crippen LogP contribution in [-0.2, 0) is 5.04 Å². The van der Waals surface area contributed by atoms with Crippen molar-refractivity contribution in [3.8, 4) is 0 Å². The average Bonchev–Trinajstić information content (AvgIpc) is 2.55. The van der Waals surface area contributed by atoms with Gasteiger partial charge in [-0.3, -0.25) is 0 Å². The summed E-state index contributed by atoms with van der Waals surface area (Å²) in [6.07, 6.45) is 8.19. The van der Waals surface area contributed by atoms with E-state index in [1.54, 1.807) is 0 Å². The summed E-state index contributed by atoms with van der Waals surface area (Å²) < 4.78 is 0. The van der Waals surface area contributed by atoms with Crippen LogP contribution >= 0.6 is 0 Å². The first-order chi connectivity index (χ1) is 11.0. The Morgan fingerprint density at radius 2 is 1.48 bits per heavy atom. The average molecular weight is 319 g/mol. The summed E-state index contributed by atoms with van der Waals surface area (Å²) in [6.45, 7) is 7.20. The predicted octanol–water partition coefficient (Wildman–Crippen LogP) is 5.31. The number of hydrogen-bond donors (Lipinski definition) is 0. The summed E-state index contributed by atoms with van der Waals surface area (Å²) >= 11 is 0. The lowest BCUT2D eigenvalue weighted by Crippen LogP contribution is -2.37. The highest BCUT2D eigenvalue weighted by Crippen LogP contribution is 2.43. The molecule has 2 aromatic rings. The lowest BCUT2D eigenvalue weighted by atomic mass is 9.84. The quantitative estimate of drug-likeness (QED) is 0.673. The molecule has 0 nitrogen and oxygen atoms in total. The highest BCUT2D eigenvalue weighted by Gasteiger charge is 2.36. The fourth-order valence-corrected chi connectivity index (χ4v) is 6.78. The molecule has 3 rings (SSSR count). The molecule has 1 atom stereocenters. The van der Waals surface area contributed by atoms with Gasteiger partial charge in [0.2, 0.25) is 0 Å². The Balaban J connectivity index is 2.01. The standard InChI is InChI=1S/C22H26Si/c1-21(2,3)23-22(20-14-8-5-9-15-20)16-10-13-19(17-22)18-11-6-4-7-12-18/h4-16H,17,23H2,1-3H3. The smallest absolute Gasteiger partial charge is 0.0437 e. The monoisotopic (exact) mass is 318 g/mol. The van der Waals surface area contributed by atoms with Crippen LogP contribution in [0.1, 0.15) is 38.3 Å². The molecule has 118 valence electrons. The van der Waals surface area contributed by atoms with E-state index in [9.17, 15) is 0 Å². The zero-order chi connectivity index (χ0) is 16.3. The molecule has 0 amide bonds. The number of allylic oxidation sites excluding steroid dienone is 4. The van der Waals surface area contributed by atoms with Gasteiger partial charge in [-0.15, -0.1) is 0 Å².